The molecule has 1 N–H and O–H groups in total. The number of benzene rings is 1. The number of carboxylic acid groups (broad SMARTS) is 1. The van der Waals surface area contributed by atoms with Crippen LogP contribution >= 0.6 is 11.6 Å². The van der Waals surface area contributed by atoms with Crippen LogP contribution in [0.3, 0.4) is 0 Å². The van der Waals surface area contributed by atoms with Crippen molar-refractivity contribution in [1.82, 2.24) is 0 Å². The maximum absolute atomic E-state index is 13.4. The molecule has 1 heterocycles. The Hall–Kier alpha value is -1.49. The largest absolute Gasteiger partial charge is 0.489 e. The van der Waals surface area contributed by atoms with E-state index in [-0.39, 0.29) is 11.3 Å². The summed E-state index contributed by atoms with van der Waals surface area (Å²) in [5.74, 6) is -1.92. The summed E-state index contributed by atoms with van der Waals surface area (Å²) in [5, 5.41) is 8.57. The molecule has 1 aliphatic rings. The van der Waals surface area contributed by atoms with Crippen LogP contribution in [0, 0.1) is 5.82 Å². The van der Waals surface area contributed by atoms with Gasteiger partial charge in [-0.1, -0.05) is 11.6 Å². The monoisotopic (exact) mass is 245 g/mol. The third kappa shape index (κ3) is 1.57. The second kappa shape index (κ2) is 3.83. The van der Waals surface area contributed by atoms with Gasteiger partial charge in [0.1, 0.15) is 18.0 Å². The fourth-order valence-corrected chi connectivity index (χ4v) is 1.84. The highest BCUT2D eigenvalue weighted by molar-refractivity contribution is 6.34. The molecule has 0 aliphatic carbocycles. The number of ether oxygens (including phenoxy) is 1. The average molecular weight is 246 g/mol. The van der Waals surface area contributed by atoms with Crippen LogP contribution in [0.4, 0.5) is 10.1 Å². The van der Waals surface area contributed by atoms with Crippen LogP contribution in [0.25, 0.3) is 0 Å². The van der Waals surface area contributed by atoms with E-state index >= 15 is 0 Å². The average Bonchev–Trinajstić information content (AvgIpc) is 2.21. The Morgan fingerprint density at radius 2 is 2.38 bits per heavy atom. The third-order valence-electron chi connectivity index (χ3n) is 2.45. The normalized spacial score (nSPS) is 14.3. The van der Waals surface area contributed by atoms with Crippen LogP contribution in [-0.4, -0.2) is 31.3 Å². The number of fused-ring (bicyclic) bond motifs is 1. The Kier molecular flexibility index (Phi) is 2.63. The van der Waals surface area contributed by atoms with Crippen LogP contribution in [0.1, 0.15) is 10.4 Å². The lowest BCUT2D eigenvalue weighted by Crippen LogP contribution is -2.30. The third-order valence-corrected chi connectivity index (χ3v) is 2.82. The number of likely N-dealkylation sites (N-methyl/N-ethyl adjacent to an activating group) is 1. The number of hydrogen-bond donors (Lipinski definition) is 1. The Morgan fingerprint density at radius 3 is 3.00 bits per heavy atom. The van der Waals surface area contributed by atoms with Gasteiger partial charge in [0, 0.05) is 13.1 Å². The molecule has 86 valence electrons. The smallest absolute Gasteiger partial charge is 0.341 e. The summed E-state index contributed by atoms with van der Waals surface area (Å²) in [6.45, 7) is 0.929. The Bertz CT molecular complexity index is 464. The van der Waals surface area contributed by atoms with Gasteiger partial charge in [-0.05, 0) is 0 Å². The van der Waals surface area contributed by atoms with E-state index < -0.39 is 16.8 Å². The highest BCUT2D eigenvalue weighted by Crippen LogP contribution is 2.39. The van der Waals surface area contributed by atoms with E-state index in [1.165, 1.54) is 6.07 Å². The van der Waals surface area contributed by atoms with Gasteiger partial charge in [-0.2, -0.15) is 0 Å². The van der Waals surface area contributed by atoms with Crippen LogP contribution < -0.4 is 9.64 Å². The first kappa shape index (κ1) is 11.0. The predicted octanol–water partition coefficient (Wildman–Crippen LogP) is 2.01. The molecule has 0 unspecified atom stereocenters. The van der Waals surface area contributed by atoms with Gasteiger partial charge in [0.2, 0.25) is 0 Å². The first-order valence-corrected chi connectivity index (χ1v) is 4.99. The van der Waals surface area contributed by atoms with Crippen LogP contribution in [-0.2, 0) is 0 Å². The minimum atomic E-state index is -1.30. The van der Waals surface area contributed by atoms with E-state index in [2.05, 4.69) is 0 Å². The topological polar surface area (TPSA) is 49.8 Å². The minimum absolute atomic E-state index is 0.132. The molecule has 0 fully saturated rings. The molecule has 4 nitrogen and oxygen atoms in total. The number of rotatable bonds is 1. The van der Waals surface area contributed by atoms with E-state index in [0.717, 1.165) is 0 Å². The molecule has 2 rings (SSSR count). The van der Waals surface area contributed by atoms with Crippen LogP contribution in [0.2, 0.25) is 5.02 Å². The van der Waals surface area contributed by atoms with Crippen molar-refractivity contribution < 1.29 is 19.0 Å². The fourth-order valence-electron chi connectivity index (χ4n) is 1.62. The van der Waals surface area contributed by atoms with Gasteiger partial charge in [0.25, 0.3) is 0 Å². The summed E-state index contributed by atoms with van der Waals surface area (Å²) < 4.78 is 18.7. The molecule has 0 saturated carbocycles. The number of anilines is 1. The number of carboxylic acids is 1. The summed E-state index contributed by atoms with van der Waals surface area (Å²) >= 11 is 5.62. The SMILES string of the molecule is CN1CCOc2c1cc(F)c(Cl)c2C(=O)O. The van der Waals surface area contributed by atoms with Gasteiger partial charge in [-0.15, -0.1) is 0 Å². The van der Waals surface area contributed by atoms with E-state index in [1.54, 1.807) is 11.9 Å². The van der Waals surface area contributed by atoms with E-state index in [4.69, 9.17) is 21.4 Å². The number of nitrogens with zero attached hydrogens (tertiary/aromatic N) is 1. The van der Waals surface area contributed by atoms with Crippen molar-refractivity contribution >= 4 is 23.3 Å². The zero-order chi connectivity index (χ0) is 11.9. The molecule has 0 atom stereocenters. The maximum atomic E-state index is 13.4. The number of hydrogen-bond acceptors (Lipinski definition) is 3. The van der Waals surface area contributed by atoms with Gasteiger partial charge < -0.3 is 14.7 Å². The molecule has 1 aliphatic heterocycles. The second-order valence-corrected chi connectivity index (χ2v) is 3.85. The van der Waals surface area contributed by atoms with Crippen molar-refractivity contribution in [3.05, 3.63) is 22.5 Å². The van der Waals surface area contributed by atoms with E-state index in [9.17, 15) is 9.18 Å². The summed E-state index contributed by atoms with van der Waals surface area (Å²) in [7, 11) is 1.74. The van der Waals surface area contributed by atoms with Crippen molar-refractivity contribution in [1.29, 1.82) is 0 Å². The number of carbonyl (C=O) groups is 1. The quantitative estimate of drug-likeness (QED) is 0.822. The molecule has 0 amide bonds. The van der Waals surface area contributed by atoms with Gasteiger partial charge in [0.15, 0.2) is 5.75 Å². The second-order valence-electron chi connectivity index (χ2n) is 3.47. The Labute approximate surface area is 96.2 Å². The van der Waals surface area contributed by atoms with Crippen molar-refractivity contribution in [3.8, 4) is 5.75 Å². The lowest BCUT2D eigenvalue weighted by molar-refractivity contribution is 0.0691. The molecule has 0 aromatic heterocycles. The highest BCUT2D eigenvalue weighted by Gasteiger charge is 2.27. The van der Waals surface area contributed by atoms with Crippen LogP contribution in [0.5, 0.6) is 5.75 Å². The maximum Gasteiger partial charge on any atom is 0.341 e. The molecule has 6 heteroatoms. The minimum Gasteiger partial charge on any atom is -0.489 e. The summed E-state index contributed by atoms with van der Waals surface area (Å²) in [6, 6.07) is 1.18. The van der Waals surface area contributed by atoms with Gasteiger partial charge in [-0.25, -0.2) is 9.18 Å². The van der Waals surface area contributed by atoms with Crippen molar-refractivity contribution in [2.45, 2.75) is 0 Å². The lowest BCUT2D eigenvalue weighted by Gasteiger charge is -2.29. The molecule has 16 heavy (non-hydrogen) atoms. The molecular formula is C10H9ClFNO3. The highest BCUT2D eigenvalue weighted by atomic mass is 35.5. The number of halogens is 2. The molecule has 0 spiro atoms. The summed E-state index contributed by atoms with van der Waals surface area (Å²) in [5.41, 5.74) is 0.0915. The Balaban J connectivity index is 2.71. The molecule has 0 saturated heterocycles. The summed E-state index contributed by atoms with van der Waals surface area (Å²) in [6.07, 6.45) is 0. The fraction of sp³-hybridized carbons (Fsp3) is 0.300. The first-order valence-electron chi connectivity index (χ1n) is 4.61. The van der Waals surface area contributed by atoms with E-state index in [1.807, 2.05) is 0 Å². The summed E-state index contributed by atoms with van der Waals surface area (Å²) in [4.78, 5) is 12.7. The van der Waals surface area contributed by atoms with Crippen molar-refractivity contribution in [2.75, 3.05) is 25.1 Å². The molecule has 1 aromatic carbocycles. The van der Waals surface area contributed by atoms with Gasteiger partial charge >= 0.3 is 5.97 Å². The molecular weight excluding hydrogens is 237 g/mol. The van der Waals surface area contributed by atoms with Crippen molar-refractivity contribution in [2.24, 2.45) is 0 Å². The Morgan fingerprint density at radius 1 is 1.69 bits per heavy atom. The zero-order valence-corrected chi connectivity index (χ0v) is 9.21. The standard InChI is InChI=1S/C10H9ClFNO3/c1-13-2-3-16-9-6(13)4-5(12)8(11)7(9)10(14)15/h4H,2-3H2,1H3,(H,14,15). The molecule has 0 bridgehead atoms. The van der Waals surface area contributed by atoms with E-state index in [0.29, 0.717) is 18.8 Å². The molecule has 0 radical (unpaired) electrons. The first-order chi connectivity index (χ1) is 7.52. The lowest BCUT2D eigenvalue weighted by atomic mass is 10.1. The molecule has 1 aromatic rings. The van der Waals surface area contributed by atoms with Gasteiger partial charge in [-0.3, -0.25) is 0 Å². The van der Waals surface area contributed by atoms with Crippen LogP contribution in [0.15, 0.2) is 6.07 Å². The van der Waals surface area contributed by atoms with Gasteiger partial charge in [0.05, 0.1) is 17.3 Å². The predicted molar refractivity (Wildman–Crippen MR) is 57.1 cm³/mol. The number of aromatic carboxylic acids is 1. The van der Waals surface area contributed by atoms with Crippen molar-refractivity contribution in [3.63, 3.8) is 0 Å². The zero-order valence-electron chi connectivity index (χ0n) is 8.46.